The van der Waals surface area contributed by atoms with Crippen LogP contribution < -0.4 is 11.1 Å². The molecule has 1 aromatic rings. The van der Waals surface area contributed by atoms with Gasteiger partial charge in [-0.1, -0.05) is 23.9 Å². The van der Waals surface area contributed by atoms with Gasteiger partial charge in [0.05, 0.1) is 12.2 Å². The molecule has 2 amide bonds. The maximum Gasteiger partial charge on any atom is 0.307 e. The van der Waals surface area contributed by atoms with Crippen LogP contribution in [0.4, 0.5) is 10.5 Å². The molecule has 4 N–H and O–H groups in total. The first-order valence-corrected chi connectivity index (χ1v) is 5.99. The van der Waals surface area contributed by atoms with Crippen LogP contribution in [0.5, 0.6) is 0 Å². The number of hydrogen-bond acceptors (Lipinski definition) is 4. The van der Waals surface area contributed by atoms with E-state index in [0.717, 1.165) is 11.8 Å². The molecule has 0 bridgehead atoms. The summed E-state index contributed by atoms with van der Waals surface area (Å²) in [4.78, 5) is 32.3. The second-order valence-electron chi connectivity index (χ2n) is 3.42. The SMILES string of the molecule is NC(=O)SCC(=O)Nc1ccc(CC(=O)O)cc1. The molecular weight excluding hydrogens is 256 g/mol. The van der Waals surface area contributed by atoms with Crippen molar-refractivity contribution in [2.45, 2.75) is 6.42 Å². The van der Waals surface area contributed by atoms with Gasteiger partial charge in [-0.25, -0.2) is 0 Å². The second-order valence-corrected chi connectivity index (χ2v) is 4.40. The molecule has 1 aromatic carbocycles. The highest BCUT2D eigenvalue weighted by Gasteiger charge is 2.05. The maximum absolute atomic E-state index is 11.3. The van der Waals surface area contributed by atoms with Crippen molar-refractivity contribution in [3.8, 4) is 0 Å². The quantitative estimate of drug-likeness (QED) is 0.739. The fourth-order valence-electron chi connectivity index (χ4n) is 1.21. The van der Waals surface area contributed by atoms with Gasteiger partial charge in [0, 0.05) is 5.69 Å². The van der Waals surface area contributed by atoms with Gasteiger partial charge in [-0.15, -0.1) is 0 Å². The van der Waals surface area contributed by atoms with Gasteiger partial charge in [-0.2, -0.15) is 0 Å². The normalized spacial score (nSPS) is 9.78. The smallest absolute Gasteiger partial charge is 0.307 e. The Balaban J connectivity index is 2.50. The molecule has 0 aromatic heterocycles. The number of nitrogens with one attached hydrogen (secondary N) is 1. The number of thioether (sulfide) groups is 1. The Kier molecular flexibility index (Phi) is 5.19. The molecule has 0 saturated carbocycles. The monoisotopic (exact) mass is 268 g/mol. The molecule has 0 unspecified atom stereocenters. The van der Waals surface area contributed by atoms with Crippen molar-refractivity contribution in [3.05, 3.63) is 29.8 Å². The molecule has 0 radical (unpaired) electrons. The molecule has 0 aliphatic rings. The minimum Gasteiger partial charge on any atom is -0.481 e. The summed E-state index contributed by atoms with van der Waals surface area (Å²) >= 11 is 0.719. The van der Waals surface area contributed by atoms with Crippen LogP contribution in [0.3, 0.4) is 0 Å². The van der Waals surface area contributed by atoms with Crippen LogP contribution in [0.15, 0.2) is 24.3 Å². The van der Waals surface area contributed by atoms with Crippen LogP contribution in [0.1, 0.15) is 5.56 Å². The number of aliphatic carboxylic acids is 1. The molecule has 0 aliphatic carbocycles. The number of nitrogens with two attached hydrogens (primary N) is 1. The lowest BCUT2D eigenvalue weighted by Crippen LogP contribution is -2.16. The minimum absolute atomic E-state index is 0.0494. The fourth-order valence-corrected chi connectivity index (χ4v) is 1.56. The zero-order valence-corrected chi connectivity index (χ0v) is 10.2. The molecule has 0 aliphatic heterocycles. The van der Waals surface area contributed by atoms with Crippen molar-refractivity contribution < 1.29 is 19.5 Å². The van der Waals surface area contributed by atoms with Crippen molar-refractivity contribution in [2.75, 3.05) is 11.1 Å². The van der Waals surface area contributed by atoms with Gasteiger partial charge < -0.3 is 16.2 Å². The molecule has 96 valence electrons. The summed E-state index contributed by atoms with van der Waals surface area (Å²) in [5, 5.41) is 10.5. The molecule has 18 heavy (non-hydrogen) atoms. The Morgan fingerprint density at radius 1 is 1.22 bits per heavy atom. The number of primary amides is 1. The predicted octanol–water partition coefficient (Wildman–Crippen LogP) is 1.06. The lowest BCUT2D eigenvalue weighted by molar-refractivity contribution is -0.136. The van der Waals surface area contributed by atoms with Crippen LogP contribution in [-0.2, 0) is 16.0 Å². The Hall–Kier alpha value is -2.02. The second kappa shape index (κ2) is 6.65. The highest BCUT2D eigenvalue weighted by atomic mass is 32.2. The van der Waals surface area contributed by atoms with Crippen LogP contribution in [0.25, 0.3) is 0 Å². The van der Waals surface area contributed by atoms with Crippen LogP contribution in [0.2, 0.25) is 0 Å². The molecule has 0 saturated heterocycles. The predicted molar refractivity (Wildman–Crippen MR) is 68.5 cm³/mol. The Morgan fingerprint density at radius 3 is 2.33 bits per heavy atom. The van der Waals surface area contributed by atoms with Gasteiger partial charge in [-0.3, -0.25) is 14.4 Å². The number of carbonyl (C=O) groups excluding carboxylic acids is 2. The van der Waals surface area contributed by atoms with E-state index in [1.165, 1.54) is 0 Å². The van der Waals surface area contributed by atoms with Gasteiger partial charge in [0.2, 0.25) is 5.91 Å². The molecular formula is C11H12N2O4S. The number of benzene rings is 1. The Morgan fingerprint density at radius 2 is 1.83 bits per heavy atom. The third-order valence-corrected chi connectivity index (χ3v) is 2.63. The highest BCUT2D eigenvalue weighted by molar-refractivity contribution is 8.14. The van der Waals surface area contributed by atoms with Crippen LogP contribution in [0, 0.1) is 0 Å². The minimum atomic E-state index is -0.912. The van der Waals surface area contributed by atoms with Crippen LogP contribution in [-0.4, -0.2) is 28.0 Å². The van der Waals surface area contributed by atoms with E-state index in [2.05, 4.69) is 5.32 Å². The Labute approximate surface area is 108 Å². The molecule has 0 spiro atoms. The largest absolute Gasteiger partial charge is 0.481 e. The average Bonchev–Trinajstić information content (AvgIpc) is 2.28. The summed E-state index contributed by atoms with van der Waals surface area (Å²) in [7, 11) is 0. The van der Waals surface area contributed by atoms with E-state index in [1.54, 1.807) is 24.3 Å². The molecule has 7 heteroatoms. The summed E-state index contributed by atoms with van der Waals surface area (Å²) in [5.41, 5.74) is 6.08. The molecule has 0 heterocycles. The molecule has 0 fully saturated rings. The number of carboxylic acids is 1. The number of carbonyl (C=O) groups is 3. The van der Waals surface area contributed by atoms with Crippen molar-refractivity contribution in [2.24, 2.45) is 5.73 Å². The van der Waals surface area contributed by atoms with E-state index in [9.17, 15) is 14.4 Å². The summed E-state index contributed by atoms with van der Waals surface area (Å²) in [6.45, 7) is 0. The van der Waals surface area contributed by atoms with Gasteiger partial charge in [0.25, 0.3) is 5.24 Å². The summed E-state index contributed by atoms with van der Waals surface area (Å²) in [5.74, 6) is -1.30. The maximum atomic E-state index is 11.3. The summed E-state index contributed by atoms with van der Waals surface area (Å²) in [6.07, 6.45) is -0.0637. The lowest BCUT2D eigenvalue weighted by Gasteiger charge is -2.04. The van der Waals surface area contributed by atoms with Gasteiger partial charge >= 0.3 is 5.97 Å². The number of anilines is 1. The third-order valence-electron chi connectivity index (χ3n) is 1.94. The zero-order valence-electron chi connectivity index (χ0n) is 9.38. The van der Waals surface area contributed by atoms with E-state index in [-0.39, 0.29) is 18.1 Å². The molecule has 6 nitrogen and oxygen atoms in total. The number of hydrogen-bond donors (Lipinski definition) is 3. The van der Waals surface area contributed by atoms with Gasteiger partial charge in [-0.05, 0) is 17.7 Å². The van der Waals surface area contributed by atoms with E-state index < -0.39 is 11.2 Å². The fraction of sp³-hybridized carbons (Fsp3) is 0.182. The van der Waals surface area contributed by atoms with Crippen molar-refractivity contribution in [1.82, 2.24) is 0 Å². The number of amides is 2. The summed E-state index contributed by atoms with van der Waals surface area (Å²) < 4.78 is 0. The first-order chi connectivity index (χ1) is 8.47. The zero-order chi connectivity index (χ0) is 13.5. The van der Waals surface area contributed by atoms with Crippen molar-refractivity contribution in [3.63, 3.8) is 0 Å². The van der Waals surface area contributed by atoms with E-state index in [1.807, 2.05) is 0 Å². The standard InChI is InChI=1S/C11H12N2O4S/c12-11(17)18-6-9(14)13-8-3-1-7(2-4-8)5-10(15)16/h1-4H,5-6H2,(H2,12,17)(H,13,14)(H,15,16). The van der Waals surface area contributed by atoms with E-state index >= 15 is 0 Å². The number of carboxylic acid groups (broad SMARTS) is 1. The first-order valence-electron chi connectivity index (χ1n) is 5.00. The van der Waals surface area contributed by atoms with Crippen molar-refractivity contribution >= 4 is 34.6 Å². The first kappa shape index (κ1) is 14.0. The average molecular weight is 268 g/mol. The summed E-state index contributed by atoms with van der Waals surface area (Å²) in [6, 6.07) is 6.44. The molecule has 0 atom stereocenters. The topological polar surface area (TPSA) is 109 Å². The Bertz CT molecular complexity index is 459. The third kappa shape index (κ3) is 5.35. The molecule has 1 rings (SSSR count). The van der Waals surface area contributed by atoms with Gasteiger partial charge in [0.15, 0.2) is 0 Å². The van der Waals surface area contributed by atoms with Crippen molar-refractivity contribution in [1.29, 1.82) is 0 Å². The lowest BCUT2D eigenvalue weighted by atomic mass is 10.1. The van der Waals surface area contributed by atoms with E-state index in [4.69, 9.17) is 10.8 Å². The number of rotatable bonds is 5. The van der Waals surface area contributed by atoms with Crippen LogP contribution >= 0.6 is 11.8 Å². The van der Waals surface area contributed by atoms with Gasteiger partial charge in [0.1, 0.15) is 0 Å². The van der Waals surface area contributed by atoms with E-state index in [0.29, 0.717) is 11.3 Å². The highest BCUT2D eigenvalue weighted by Crippen LogP contribution is 2.11.